The van der Waals surface area contributed by atoms with Crippen LogP contribution in [-0.2, 0) is 60.6 Å². The predicted octanol–water partition coefficient (Wildman–Crippen LogP) is 0.571. The molecule has 1 aromatic rings. The summed E-state index contributed by atoms with van der Waals surface area (Å²) in [6, 6.07) is 7.04. The fourth-order valence-electron chi connectivity index (χ4n) is 9.47. The molecule has 4 aliphatic heterocycles. The monoisotopic (exact) mass is 586 g/mol. The summed E-state index contributed by atoms with van der Waals surface area (Å²) >= 11 is 0. The summed E-state index contributed by atoms with van der Waals surface area (Å²) < 4.78 is 34.8. The maximum absolute atomic E-state index is 13.9. The van der Waals surface area contributed by atoms with E-state index in [0.29, 0.717) is 5.56 Å². The van der Waals surface area contributed by atoms with Crippen molar-refractivity contribution in [2.75, 3.05) is 7.11 Å². The van der Waals surface area contributed by atoms with E-state index in [1.165, 1.54) is 14.0 Å². The van der Waals surface area contributed by atoms with Crippen molar-refractivity contribution in [3.63, 3.8) is 0 Å². The molecule has 12 nitrogen and oxygen atoms in total. The van der Waals surface area contributed by atoms with Crippen LogP contribution in [-0.4, -0.2) is 83.1 Å². The molecule has 12 heteroatoms. The first kappa shape index (κ1) is 27.8. The number of carbonyl (C=O) groups is 4. The van der Waals surface area contributed by atoms with Crippen molar-refractivity contribution in [1.29, 1.82) is 0 Å². The quantitative estimate of drug-likeness (QED) is 0.365. The molecule has 6 aliphatic rings. The fraction of sp³-hybridized carbons (Fsp3) is 0.667. The average Bonchev–Trinajstić information content (AvgIpc) is 3.65. The van der Waals surface area contributed by atoms with Crippen molar-refractivity contribution in [1.82, 2.24) is 0 Å². The molecule has 5 unspecified atom stereocenters. The smallest absolute Gasteiger partial charge is 0.343 e. The largest absolute Gasteiger partial charge is 0.469 e. The van der Waals surface area contributed by atoms with Crippen LogP contribution in [0.5, 0.6) is 0 Å². The molecule has 2 spiro atoms. The molecular formula is C30H34O12. The summed E-state index contributed by atoms with van der Waals surface area (Å²) in [7, 11) is 1.32. The van der Waals surface area contributed by atoms with Gasteiger partial charge < -0.3 is 38.6 Å². The van der Waals surface area contributed by atoms with Gasteiger partial charge in [0.05, 0.1) is 36.9 Å². The van der Waals surface area contributed by atoms with E-state index < -0.39 is 87.9 Å². The SMILES string of the molecule is COC(=O)Cc1ccc(CO[C@H]2C(=O)OC3O[C@]45C(=O)OC6C[C@@H](C(C)(C)C)C32C64[C@@H](O)C2OC(=O)[C@@H](C)[C@@]25O)cc1. The third-order valence-corrected chi connectivity index (χ3v) is 11.0. The molecule has 2 saturated carbocycles. The number of aliphatic hydroxyl groups excluding tert-OH is 1. The Morgan fingerprint density at radius 3 is 2.36 bits per heavy atom. The van der Waals surface area contributed by atoms with Crippen LogP contribution in [0.1, 0.15) is 45.2 Å². The molecule has 4 heterocycles. The van der Waals surface area contributed by atoms with E-state index in [4.69, 9.17) is 28.4 Å². The topological polar surface area (TPSA) is 164 Å². The van der Waals surface area contributed by atoms with E-state index in [9.17, 15) is 29.4 Å². The molecule has 0 bridgehead atoms. The molecule has 0 aromatic heterocycles. The van der Waals surface area contributed by atoms with Gasteiger partial charge in [-0.2, -0.15) is 0 Å². The van der Waals surface area contributed by atoms with Crippen LogP contribution in [0.4, 0.5) is 0 Å². The normalized spacial score (nSPS) is 46.1. The van der Waals surface area contributed by atoms with Gasteiger partial charge in [-0.05, 0) is 35.8 Å². The van der Waals surface area contributed by atoms with Crippen molar-refractivity contribution in [2.24, 2.45) is 28.1 Å². The highest BCUT2D eigenvalue weighted by Crippen LogP contribution is 2.84. The number of esters is 4. The second kappa shape index (κ2) is 8.31. The lowest BCUT2D eigenvalue weighted by molar-refractivity contribution is -0.240. The second-order valence-corrected chi connectivity index (χ2v) is 13.5. The van der Waals surface area contributed by atoms with Crippen LogP contribution in [0, 0.1) is 28.1 Å². The number of methoxy groups -OCH3 is 1. The summed E-state index contributed by atoms with van der Waals surface area (Å²) in [5.41, 5.74) is -6.79. The van der Waals surface area contributed by atoms with E-state index >= 15 is 0 Å². The molecule has 7 rings (SSSR count). The van der Waals surface area contributed by atoms with Crippen molar-refractivity contribution < 1.29 is 57.8 Å². The van der Waals surface area contributed by atoms with Gasteiger partial charge in [-0.1, -0.05) is 45.0 Å². The number of fused-ring (bicyclic) bond motifs is 1. The summed E-state index contributed by atoms with van der Waals surface area (Å²) in [6.45, 7) is 7.31. The Morgan fingerprint density at radius 1 is 1.05 bits per heavy atom. The predicted molar refractivity (Wildman–Crippen MR) is 137 cm³/mol. The van der Waals surface area contributed by atoms with Gasteiger partial charge in [0.1, 0.15) is 12.2 Å². The van der Waals surface area contributed by atoms with E-state index in [1.807, 2.05) is 20.8 Å². The second-order valence-electron chi connectivity index (χ2n) is 13.5. The molecule has 4 saturated heterocycles. The van der Waals surface area contributed by atoms with Gasteiger partial charge in [-0.15, -0.1) is 0 Å². The van der Waals surface area contributed by atoms with Gasteiger partial charge in [0.25, 0.3) is 0 Å². The van der Waals surface area contributed by atoms with Crippen LogP contribution < -0.4 is 0 Å². The number of hydrogen-bond donors (Lipinski definition) is 2. The van der Waals surface area contributed by atoms with E-state index in [0.717, 1.165) is 5.56 Å². The molecule has 226 valence electrons. The van der Waals surface area contributed by atoms with Gasteiger partial charge in [0, 0.05) is 0 Å². The van der Waals surface area contributed by atoms with Crippen molar-refractivity contribution >= 4 is 23.9 Å². The highest BCUT2D eigenvalue weighted by molar-refractivity contribution is 5.94. The highest BCUT2D eigenvalue weighted by atomic mass is 16.8. The summed E-state index contributed by atoms with van der Waals surface area (Å²) in [4.78, 5) is 51.9. The highest BCUT2D eigenvalue weighted by Gasteiger charge is 3.04. The molecule has 42 heavy (non-hydrogen) atoms. The summed E-state index contributed by atoms with van der Waals surface area (Å²) in [5, 5.41) is 24.4. The van der Waals surface area contributed by atoms with Crippen molar-refractivity contribution in [2.45, 2.75) is 89.1 Å². The number of carbonyl (C=O) groups excluding carboxylic acids is 4. The van der Waals surface area contributed by atoms with Crippen LogP contribution in [0.3, 0.4) is 0 Å². The van der Waals surface area contributed by atoms with Gasteiger partial charge in [0.15, 0.2) is 17.8 Å². The minimum atomic E-state index is -2.27. The zero-order chi connectivity index (χ0) is 30.2. The molecule has 2 N–H and O–H groups in total. The van der Waals surface area contributed by atoms with Gasteiger partial charge in [-0.3, -0.25) is 9.59 Å². The van der Waals surface area contributed by atoms with Gasteiger partial charge in [0.2, 0.25) is 11.9 Å². The first-order valence-corrected chi connectivity index (χ1v) is 14.2. The third-order valence-electron chi connectivity index (χ3n) is 11.0. The maximum atomic E-state index is 13.9. The van der Waals surface area contributed by atoms with E-state index in [1.54, 1.807) is 24.3 Å². The Balaban J connectivity index is 1.35. The lowest BCUT2D eigenvalue weighted by Gasteiger charge is -2.48. The Morgan fingerprint density at radius 2 is 1.71 bits per heavy atom. The average molecular weight is 587 g/mol. The molecule has 2 aliphatic carbocycles. The lowest BCUT2D eigenvalue weighted by atomic mass is 9.51. The van der Waals surface area contributed by atoms with E-state index in [2.05, 4.69) is 0 Å². The van der Waals surface area contributed by atoms with Gasteiger partial charge in [-0.25, -0.2) is 9.59 Å². The number of ether oxygens (including phenoxy) is 6. The van der Waals surface area contributed by atoms with Crippen LogP contribution in [0.15, 0.2) is 24.3 Å². The van der Waals surface area contributed by atoms with Gasteiger partial charge >= 0.3 is 23.9 Å². The van der Waals surface area contributed by atoms with Crippen LogP contribution in [0.2, 0.25) is 0 Å². The van der Waals surface area contributed by atoms with E-state index in [-0.39, 0.29) is 25.4 Å². The fourth-order valence-corrected chi connectivity index (χ4v) is 9.47. The maximum Gasteiger partial charge on any atom is 0.343 e. The Hall–Kier alpha value is -3.06. The summed E-state index contributed by atoms with van der Waals surface area (Å²) in [6.07, 6.45) is -6.39. The minimum Gasteiger partial charge on any atom is -0.469 e. The number of hydrogen-bond acceptors (Lipinski definition) is 12. The number of rotatable bonds is 5. The molecular weight excluding hydrogens is 552 g/mol. The van der Waals surface area contributed by atoms with Crippen LogP contribution >= 0.6 is 0 Å². The first-order valence-electron chi connectivity index (χ1n) is 14.2. The Kier molecular flexibility index (Phi) is 5.49. The zero-order valence-electron chi connectivity index (χ0n) is 23.9. The van der Waals surface area contributed by atoms with Crippen molar-refractivity contribution in [3.8, 4) is 0 Å². The molecule has 0 radical (unpaired) electrons. The zero-order valence-corrected chi connectivity index (χ0v) is 23.9. The van der Waals surface area contributed by atoms with Crippen LogP contribution in [0.25, 0.3) is 0 Å². The number of aliphatic hydroxyl groups is 2. The molecule has 1 aromatic carbocycles. The molecule has 6 fully saturated rings. The molecule has 0 amide bonds. The van der Waals surface area contributed by atoms with Crippen molar-refractivity contribution in [3.05, 3.63) is 35.4 Å². The standard InChI is InChI=1S/C30H34O12/c1-13-22(33)40-20-19(32)28-17-11-16(26(2,3)4)27(28)21(38-12-15-8-6-14(7-9-15)10-18(31)37-5)23(34)41-25(27)42-30(28,24(35)39-17)29(13,20)36/h6-9,13,16-17,19-21,25,32,36H,10-12H2,1-5H3/t13-,16+,17?,19+,20?,21+,25?,27?,28?,29-,30-/m1/s1. The summed E-state index contributed by atoms with van der Waals surface area (Å²) in [5.74, 6) is -4.47. The Labute approximate surface area is 241 Å². The lowest BCUT2D eigenvalue weighted by Crippen LogP contribution is -2.67. The first-order chi connectivity index (χ1) is 19.7. The molecule has 11 atom stereocenters. The minimum absolute atomic E-state index is 0.0403. The third kappa shape index (κ3) is 2.74. The number of benzene rings is 1. The Bertz CT molecular complexity index is 1400.